The average Bonchev–Trinajstić information content (AvgIpc) is 3.36. The lowest BCUT2D eigenvalue weighted by Gasteiger charge is -2.05. The Hall–Kier alpha value is -3.13. The van der Waals surface area contributed by atoms with Gasteiger partial charge in [0.15, 0.2) is 0 Å². The Balaban J connectivity index is 1.61. The first-order valence-corrected chi connectivity index (χ1v) is 7.23. The molecule has 2 N–H and O–H groups in total. The van der Waals surface area contributed by atoms with E-state index in [1.54, 1.807) is 24.3 Å². The fourth-order valence-electron chi connectivity index (χ4n) is 2.59. The highest BCUT2D eigenvalue weighted by molar-refractivity contribution is 5.96. The Labute approximate surface area is 133 Å². The average molecular weight is 306 g/mol. The minimum atomic E-state index is -0.994. The van der Waals surface area contributed by atoms with E-state index >= 15 is 0 Å². The van der Waals surface area contributed by atoms with Crippen LogP contribution in [0.3, 0.4) is 0 Å². The number of hydrogen-bond acceptors (Lipinski definition) is 3. The third-order valence-corrected chi connectivity index (χ3v) is 3.99. The van der Waals surface area contributed by atoms with Crippen molar-refractivity contribution in [2.45, 2.75) is 12.3 Å². The third kappa shape index (κ3) is 3.22. The molecule has 23 heavy (non-hydrogen) atoms. The molecule has 1 aliphatic carbocycles. The molecule has 3 rings (SSSR count). The van der Waals surface area contributed by atoms with E-state index in [0.717, 1.165) is 12.0 Å². The number of carboxylic acids is 1. The van der Waals surface area contributed by atoms with E-state index < -0.39 is 5.97 Å². The van der Waals surface area contributed by atoms with Crippen LogP contribution in [-0.2, 0) is 4.79 Å². The molecule has 5 heteroatoms. The number of nitrogens with zero attached hydrogens (tertiary/aromatic N) is 1. The molecule has 1 amide bonds. The molecule has 2 unspecified atom stereocenters. The maximum absolute atomic E-state index is 12.2. The lowest BCUT2D eigenvalue weighted by Crippen LogP contribution is -2.14. The van der Waals surface area contributed by atoms with Crippen LogP contribution >= 0.6 is 0 Å². The number of nitriles is 1. The van der Waals surface area contributed by atoms with Crippen LogP contribution in [0.15, 0.2) is 48.5 Å². The maximum Gasteiger partial charge on any atom is 0.335 e. The summed E-state index contributed by atoms with van der Waals surface area (Å²) in [6.45, 7) is 0. The van der Waals surface area contributed by atoms with E-state index in [9.17, 15) is 9.59 Å². The molecule has 0 radical (unpaired) electrons. The summed E-state index contributed by atoms with van der Waals surface area (Å²) in [4.78, 5) is 23.0. The summed E-state index contributed by atoms with van der Waals surface area (Å²) in [6.07, 6.45) is 0.783. The summed E-state index contributed by atoms with van der Waals surface area (Å²) < 4.78 is 0. The first-order valence-electron chi connectivity index (χ1n) is 7.23. The minimum absolute atomic E-state index is 0.0672. The van der Waals surface area contributed by atoms with Gasteiger partial charge in [0.05, 0.1) is 17.2 Å². The lowest BCUT2D eigenvalue weighted by atomic mass is 10.1. The van der Waals surface area contributed by atoms with Gasteiger partial charge in [0.25, 0.3) is 0 Å². The van der Waals surface area contributed by atoms with E-state index in [-0.39, 0.29) is 23.3 Å². The van der Waals surface area contributed by atoms with Crippen LogP contribution in [0.25, 0.3) is 0 Å². The maximum atomic E-state index is 12.2. The Morgan fingerprint density at radius 2 is 1.74 bits per heavy atom. The normalized spacial score (nSPS) is 18.7. The van der Waals surface area contributed by atoms with E-state index in [0.29, 0.717) is 11.3 Å². The highest BCUT2D eigenvalue weighted by atomic mass is 16.4. The summed E-state index contributed by atoms with van der Waals surface area (Å²) in [5, 5.41) is 20.4. The zero-order valence-electron chi connectivity index (χ0n) is 12.2. The van der Waals surface area contributed by atoms with Crippen molar-refractivity contribution in [3.05, 3.63) is 65.2 Å². The summed E-state index contributed by atoms with van der Waals surface area (Å²) in [7, 11) is 0. The standard InChI is InChI=1S/C18H14N2O3/c19-10-11-1-3-12(4-2-11)15-9-16(15)17(21)20-14-7-5-13(6-8-14)18(22)23/h1-8,15-16H,9H2,(H,20,21)(H,22,23). The van der Waals surface area contributed by atoms with Gasteiger partial charge in [-0.15, -0.1) is 0 Å². The monoisotopic (exact) mass is 306 g/mol. The van der Waals surface area contributed by atoms with Crippen molar-refractivity contribution < 1.29 is 14.7 Å². The van der Waals surface area contributed by atoms with E-state index in [4.69, 9.17) is 10.4 Å². The Kier molecular flexibility index (Phi) is 3.82. The first-order chi connectivity index (χ1) is 11.1. The van der Waals surface area contributed by atoms with E-state index in [1.807, 2.05) is 12.1 Å². The molecule has 0 spiro atoms. The molecule has 2 aromatic carbocycles. The van der Waals surface area contributed by atoms with Gasteiger partial charge >= 0.3 is 5.97 Å². The van der Waals surface area contributed by atoms with Crippen molar-refractivity contribution in [3.63, 3.8) is 0 Å². The van der Waals surface area contributed by atoms with Gasteiger partial charge in [0.1, 0.15) is 0 Å². The molecule has 1 aliphatic rings. The smallest absolute Gasteiger partial charge is 0.335 e. The molecular formula is C18H14N2O3. The molecule has 2 aromatic rings. The number of benzene rings is 2. The number of nitrogens with one attached hydrogen (secondary N) is 1. The molecule has 0 bridgehead atoms. The van der Waals surface area contributed by atoms with Gasteiger partial charge in [-0.05, 0) is 54.3 Å². The molecule has 0 heterocycles. The molecule has 1 fully saturated rings. The number of rotatable bonds is 4. The molecule has 0 aliphatic heterocycles. The molecule has 2 atom stereocenters. The van der Waals surface area contributed by atoms with Crippen LogP contribution in [0.5, 0.6) is 0 Å². The largest absolute Gasteiger partial charge is 0.478 e. The fourth-order valence-corrected chi connectivity index (χ4v) is 2.59. The number of hydrogen-bond donors (Lipinski definition) is 2. The van der Waals surface area contributed by atoms with Crippen molar-refractivity contribution in [1.29, 1.82) is 5.26 Å². The van der Waals surface area contributed by atoms with Gasteiger partial charge in [0.2, 0.25) is 5.91 Å². The number of carboxylic acid groups (broad SMARTS) is 1. The van der Waals surface area contributed by atoms with Gasteiger partial charge in [-0.25, -0.2) is 4.79 Å². The van der Waals surface area contributed by atoms with Crippen LogP contribution in [0.2, 0.25) is 0 Å². The minimum Gasteiger partial charge on any atom is -0.478 e. The predicted molar refractivity (Wildman–Crippen MR) is 84.0 cm³/mol. The van der Waals surface area contributed by atoms with Crippen LogP contribution in [0.1, 0.15) is 33.8 Å². The lowest BCUT2D eigenvalue weighted by molar-refractivity contribution is -0.117. The topological polar surface area (TPSA) is 90.2 Å². The van der Waals surface area contributed by atoms with Crippen molar-refractivity contribution in [2.75, 3.05) is 5.32 Å². The molecule has 5 nitrogen and oxygen atoms in total. The molecule has 1 saturated carbocycles. The fraction of sp³-hybridized carbons (Fsp3) is 0.167. The van der Waals surface area contributed by atoms with Crippen molar-refractivity contribution in [2.24, 2.45) is 5.92 Å². The van der Waals surface area contributed by atoms with Gasteiger partial charge in [-0.3, -0.25) is 4.79 Å². The molecular weight excluding hydrogens is 292 g/mol. The third-order valence-electron chi connectivity index (χ3n) is 3.99. The number of carbonyl (C=O) groups excluding carboxylic acids is 1. The van der Waals surface area contributed by atoms with Crippen LogP contribution < -0.4 is 5.32 Å². The quantitative estimate of drug-likeness (QED) is 0.908. The Bertz CT molecular complexity index is 789. The number of aromatic carboxylic acids is 1. The van der Waals surface area contributed by atoms with Gasteiger partial charge in [-0.2, -0.15) is 5.26 Å². The van der Waals surface area contributed by atoms with Crippen LogP contribution in [0, 0.1) is 17.2 Å². The van der Waals surface area contributed by atoms with Crippen LogP contribution in [-0.4, -0.2) is 17.0 Å². The summed E-state index contributed by atoms with van der Waals surface area (Å²) in [5.41, 5.74) is 2.44. The SMILES string of the molecule is N#Cc1ccc(C2CC2C(=O)Nc2ccc(C(=O)O)cc2)cc1. The van der Waals surface area contributed by atoms with Gasteiger partial charge < -0.3 is 10.4 Å². The second-order valence-corrected chi connectivity index (χ2v) is 5.55. The van der Waals surface area contributed by atoms with Crippen LogP contribution in [0.4, 0.5) is 5.69 Å². The van der Waals surface area contributed by atoms with E-state index in [2.05, 4.69) is 11.4 Å². The predicted octanol–water partition coefficient (Wildman–Crippen LogP) is 3.00. The Morgan fingerprint density at radius 3 is 2.30 bits per heavy atom. The van der Waals surface area contributed by atoms with Gasteiger partial charge in [0, 0.05) is 11.6 Å². The molecule has 0 aromatic heterocycles. The highest BCUT2D eigenvalue weighted by Gasteiger charge is 2.43. The van der Waals surface area contributed by atoms with Crippen molar-refractivity contribution in [1.82, 2.24) is 0 Å². The summed E-state index contributed by atoms with van der Waals surface area (Å²) in [6, 6.07) is 15.5. The number of amides is 1. The molecule has 0 saturated heterocycles. The number of carbonyl (C=O) groups is 2. The van der Waals surface area contributed by atoms with Gasteiger partial charge in [-0.1, -0.05) is 12.1 Å². The van der Waals surface area contributed by atoms with Crippen molar-refractivity contribution >= 4 is 17.6 Å². The second-order valence-electron chi connectivity index (χ2n) is 5.55. The van der Waals surface area contributed by atoms with Crippen molar-refractivity contribution in [3.8, 4) is 6.07 Å². The number of anilines is 1. The summed E-state index contributed by atoms with van der Waals surface area (Å²) >= 11 is 0. The zero-order valence-corrected chi connectivity index (χ0v) is 12.2. The second kappa shape index (κ2) is 5.93. The highest BCUT2D eigenvalue weighted by Crippen LogP contribution is 2.48. The summed E-state index contributed by atoms with van der Waals surface area (Å²) in [5.74, 6) is -0.962. The molecule has 114 valence electrons. The van der Waals surface area contributed by atoms with E-state index in [1.165, 1.54) is 12.1 Å². The first kappa shape index (κ1) is 14.8. The Morgan fingerprint density at radius 1 is 1.09 bits per heavy atom. The zero-order chi connectivity index (χ0) is 16.4.